The van der Waals surface area contributed by atoms with Gasteiger partial charge in [0.15, 0.2) is 0 Å². The Balaban J connectivity index is 1.81. The minimum atomic E-state index is -0.547. The average Bonchev–Trinajstić information content (AvgIpc) is 2.76. The lowest BCUT2D eigenvalue weighted by atomic mass is 10.2. The summed E-state index contributed by atoms with van der Waals surface area (Å²) in [5.74, 6) is -0.482. The van der Waals surface area contributed by atoms with Crippen LogP contribution in [0.1, 0.15) is 12.0 Å². The van der Waals surface area contributed by atoms with E-state index in [0.717, 1.165) is 11.3 Å². The predicted molar refractivity (Wildman–Crippen MR) is 87.2 cm³/mol. The Morgan fingerprint density at radius 1 is 1.14 bits per heavy atom. The summed E-state index contributed by atoms with van der Waals surface area (Å²) < 4.78 is 0. The Kier molecular flexibility index (Phi) is 3.86. The van der Waals surface area contributed by atoms with Crippen molar-refractivity contribution in [2.24, 2.45) is 0 Å². The monoisotopic (exact) mass is 314 g/mol. The second-order valence-electron chi connectivity index (χ2n) is 5.31. The molecule has 1 saturated heterocycles. The standard InChI is InChI=1S/C17H15ClN2O2/c1-11-5-7-13(8-6-11)19-15-10-16(21)20(17(15)22)14-4-2-3-12(18)9-14/h2-9,15,19H,10H2,1H3/t15-/m0/s1. The Bertz CT molecular complexity index is 728. The summed E-state index contributed by atoms with van der Waals surface area (Å²) in [4.78, 5) is 25.9. The molecule has 5 heteroatoms. The fourth-order valence-electron chi connectivity index (χ4n) is 2.48. The molecule has 0 saturated carbocycles. The second kappa shape index (κ2) is 5.81. The van der Waals surface area contributed by atoms with Gasteiger partial charge in [-0.25, -0.2) is 4.90 Å². The third-order valence-corrected chi connectivity index (χ3v) is 3.84. The molecule has 0 aromatic heterocycles. The van der Waals surface area contributed by atoms with Gasteiger partial charge in [0.2, 0.25) is 5.91 Å². The van der Waals surface area contributed by atoms with E-state index in [2.05, 4.69) is 5.32 Å². The Morgan fingerprint density at radius 3 is 2.55 bits per heavy atom. The summed E-state index contributed by atoms with van der Waals surface area (Å²) in [6.07, 6.45) is 0.138. The molecule has 1 aliphatic rings. The highest BCUT2D eigenvalue weighted by Crippen LogP contribution is 2.27. The quantitative estimate of drug-likeness (QED) is 0.883. The van der Waals surface area contributed by atoms with Crippen LogP contribution in [0.2, 0.25) is 5.02 Å². The fourth-order valence-corrected chi connectivity index (χ4v) is 2.67. The van der Waals surface area contributed by atoms with Gasteiger partial charge in [0.25, 0.3) is 5.91 Å². The van der Waals surface area contributed by atoms with Gasteiger partial charge in [0.1, 0.15) is 6.04 Å². The zero-order valence-corrected chi connectivity index (χ0v) is 12.8. The van der Waals surface area contributed by atoms with Crippen molar-refractivity contribution in [2.75, 3.05) is 10.2 Å². The van der Waals surface area contributed by atoms with E-state index in [1.807, 2.05) is 31.2 Å². The molecule has 1 aliphatic heterocycles. The summed E-state index contributed by atoms with van der Waals surface area (Å²) in [7, 11) is 0. The van der Waals surface area contributed by atoms with Crippen LogP contribution in [-0.4, -0.2) is 17.9 Å². The third-order valence-electron chi connectivity index (χ3n) is 3.61. The molecule has 1 N–H and O–H groups in total. The van der Waals surface area contributed by atoms with Gasteiger partial charge in [-0.15, -0.1) is 0 Å². The molecule has 2 aromatic rings. The van der Waals surface area contributed by atoms with Gasteiger partial charge < -0.3 is 5.32 Å². The molecule has 2 aromatic carbocycles. The normalized spacial score (nSPS) is 17.9. The van der Waals surface area contributed by atoms with E-state index in [1.165, 1.54) is 4.90 Å². The second-order valence-corrected chi connectivity index (χ2v) is 5.75. The number of carbonyl (C=O) groups excluding carboxylic acids is 2. The highest BCUT2D eigenvalue weighted by molar-refractivity contribution is 6.31. The molecule has 1 heterocycles. The Labute approximate surface area is 133 Å². The number of hydrogen-bond donors (Lipinski definition) is 1. The van der Waals surface area contributed by atoms with Crippen molar-refractivity contribution >= 4 is 34.8 Å². The average molecular weight is 315 g/mol. The van der Waals surface area contributed by atoms with Gasteiger partial charge in [0, 0.05) is 10.7 Å². The Morgan fingerprint density at radius 2 is 1.86 bits per heavy atom. The van der Waals surface area contributed by atoms with Crippen LogP contribution in [0.5, 0.6) is 0 Å². The number of benzene rings is 2. The largest absolute Gasteiger partial charge is 0.373 e. The van der Waals surface area contributed by atoms with E-state index in [0.29, 0.717) is 10.7 Å². The first-order valence-corrected chi connectivity index (χ1v) is 7.38. The van der Waals surface area contributed by atoms with Crippen molar-refractivity contribution in [1.29, 1.82) is 0 Å². The van der Waals surface area contributed by atoms with Gasteiger partial charge in [-0.2, -0.15) is 0 Å². The van der Waals surface area contributed by atoms with Crippen molar-refractivity contribution in [3.63, 3.8) is 0 Å². The number of nitrogens with zero attached hydrogens (tertiary/aromatic N) is 1. The van der Waals surface area contributed by atoms with Crippen molar-refractivity contribution < 1.29 is 9.59 Å². The summed E-state index contributed by atoms with van der Waals surface area (Å²) in [6, 6.07) is 13.9. The molecule has 0 radical (unpaired) electrons. The number of aryl methyl sites for hydroxylation is 1. The maximum atomic E-state index is 12.5. The van der Waals surface area contributed by atoms with Gasteiger partial charge >= 0.3 is 0 Å². The van der Waals surface area contributed by atoms with Crippen molar-refractivity contribution in [3.05, 3.63) is 59.1 Å². The Hall–Kier alpha value is -2.33. The van der Waals surface area contributed by atoms with Gasteiger partial charge in [-0.1, -0.05) is 35.4 Å². The maximum Gasteiger partial charge on any atom is 0.256 e. The zero-order chi connectivity index (χ0) is 15.7. The lowest BCUT2D eigenvalue weighted by molar-refractivity contribution is -0.121. The fraction of sp³-hybridized carbons (Fsp3) is 0.176. The minimum absolute atomic E-state index is 0.138. The van der Waals surface area contributed by atoms with E-state index in [4.69, 9.17) is 11.6 Å². The number of carbonyl (C=O) groups is 2. The van der Waals surface area contributed by atoms with E-state index in [-0.39, 0.29) is 18.2 Å². The molecular weight excluding hydrogens is 300 g/mol. The molecule has 1 fully saturated rings. The highest BCUT2D eigenvalue weighted by Gasteiger charge is 2.39. The molecule has 0 bridgehead atoms. The molecular formula is C17H15ClN2O2. The summed E-state index contributed by atoms with van der Waals surface area (Å²) in [5.41, 5.74) is 2.47. The smallest absolute Gasteiger partial charge is 0.256 e. The van der Waals surface area contributed by atoms with Gasteiger partial charge in [-0.3, -0.25) is 9.59 Å². The molecule has 0 spiro atoms. The van der Waals surface area contributed by atoms with Crippen LogP contribution >= 0.6 is 11.6 Å². The molecule has 3 rings (SSSR count). The molecule has 112 valence electrons. The molecule has 22 heavy (non-hydrogen) atoms. The number of hydrogen-bond acceptors (Lipinski definition) is 3. The maximum absolute atomic E-state index is 12.5. The summed E-state index contributed by atoms with van der Waals surface area (Å²) in [6.45, 7) is 1.99. The molecule has 0 unspecified atom stereocenters. The SMILES string of the molecule is Cc1ccc(N[C@H]2CC(=O)N(c3cccc(Cl)c3)C2=O)cc1. The number of halogens is 1. The van der Waals surface area contributed by atoms with Crippen LogP contribution in [0.3, 0.4) is 0 Å². The first-order valence-electron chi connectivity index (χ1n) is 7.00. The molecule has 4 nitrogen and oxygen atoms in total. The number of nitrogens with one attached hydrogen (secondary N) is 1. The van der Waals surface area contributed by atoms with Gasteiger partial charge in [0.05, 0.1) is 12.1 Å². The minimum Gasteiger partial charge on any atom is -0.373 e. The van der Waals surface area contributed by atoms with Crippen molar-refractivity contribution in [2.45, 2.75) is 19.4 Å². The number of imide groups is 1. The van der Waals surface area contributed by atoms with Crippen LogP contribution in [0.4, 0.5) is 11.4 Å². The van der Waals surface area contributed by atoms with Crippen LogP contribution in [-0.2, 0) is 9.59 Å². The van der Waals surface area contributed by atoms with E-state index in [1.54, 1.807) is 24.3 Å². The van der Waals surface area contributed by atoms with Crippen LogP contribution in [0, 0.1) is 6.92 Å². The van der Waals surface area contributed by atoms with Crippen LogP contribution in [0.25, 0.3) is 0 Å². The van der Waals surface area contributed by atoms with E-state index < -0.39 is 6.04 Å². The van der Waals surface area contributed by atoms with Crippen molar-refractivity contribution in [3.8, 4) is 0 Å². The summed E-state index contributed by atoms with van der Waals surface area (Å²) in [5, 5.41) is 3.61. The van der Waals surface area contributed by atoms with E-state index >= 15 is 0 Å². The van der Waals surface area contributed by atoms with Crippen molar-refractivity contribution in [1.82, 2.24) is 0 Å². The third kappa shape index (κ3) is 2.83. The number of amides is 2. The summed E-state index contributed by atoms with van der Waals surface area (Å²) >= 11 is 5.93. The van der Waals surface area contributed by atoms with Crippen LogP contribution < -0.4 is 10.2 Å². The highest BCUT2D eigenvalue weighted by atomic mass is 35.5. The molecule has 2 amide bonds. The first-order chi connectivity index (χ1) is 10.5. The topological polar surface area (TPSA) is 49.4 Å². The lowest BCUT2D eigenvalue weighted by Crippen LogP contribution is -2.34. The number of rotatable bonds is 3. The van der Waals surface area contributed by atoms with E-state index in [9.17, 15) is 9.59 Å². The lowest BCUT2D eigenvalue weighted by Gasteiger charge is -2.16. The van der Waals surface area contributed by atoms with Crippen LogP contribution in [0.15, 0.2) is 48.5 Å². The first kappa shape index (κ1) is 14.6. The number of anilines is 2. The zero-order valence-electron chi connectivity index (χ0n) is 12.0. The molecule has 1 atom stereocenters. The molecule has 0 aliphatic carbocycles. The predicted octanol–water partition coefficient (Wildman–Crippen LogP) is 3.39. The van der Waals surface area contributed by atoms with Gasteiger partial charge in [-0.05, 0) is 37.3 Å².